The fourth-order valence-electron chi connectivity index (χ4n) is 1.86. The molecular weight excluding hydrogens is 150 g/mol. The lowest BCUT2D eigenvalue weighted by Crippen LogP contribution is -2.21. The van der Waals surface area contributed by atoms with Gasteiger partial charge in [0.1, 0.15) is 0 Å². The van der Waals surface area contributed by atoms with Gasteiger partial charge in [0, 0.05) is 6.42 Å². The van der Waals surface area contributed by atoms with Gasteiger partial charge in [0.05, 0.1) is 12.1 Å². The van der Waals surface area contributed by atoms with E-state index in [9.17, 15) is 5.11 Å². The topological polar surface area (TPSA) is 46.2 Å². The van der Waals surface area contributed by atoms with Crippen molar-refractivity contribution in [2.75, 3.05) is 0 Å². The zero-order valence-corrected chi connectivity index (χ0v) is 7.12. The number of hydrogen-bond donors (Lipinski definition) is 2. The Morgan fingerprint density at radius 1 is 1.50 bits per heavy atom. The van der Waals surface area contributed by atoms with Crippen molar-refractivity contribution < 1.29 is 5.11 Å². The van der Waals surface area contributed by atoms with Gasteiger partial charge in [-0.25, -0.2) is 0 Å². The van der Waals surface area contributed by atoms with Crippen LogP contribution in [0.1, 0.15) is 22.7 Å². The van der Waals surface area contributed by atoms with E-state index in [1.54, 1.807) is 0 Å². The van der Waals surface area contributed by atoms with Crippen molar-refractivity contribution in [1.82, 2.24) is 0 Å². The monoisotopic (exact) mass is 163 g/mol. The molecule has 0 fully saturated rings. The first-order chi connectivity index (χ1) is 5.70. The second-order valence-corrected chi connectivity index (χ2v) is 3.44. The fourth-order valence-corrected chi connectivity index (χ4v) is 1.86. The van der Waals surface area contributed by atoms with Crippen LogP contribution in [0, 0.1) is 6.92 Å². The van der Waals surface area contributed by atoms with Crippen LogP contribution in [0.15, 0.2) is 18.2 Å². The van der Waals surface area contributed by atoms with Crippen LogP contribution < -0.4 is 5.73 Å². The van der Waals surface area contributed by atoms with E-state index in [4.69, 9.17) is 5.73 Å². The molecule has 1 aromatic rings. The minimum absolute atomic E-state index is 0.181. The van der Waals surface area contributed by atoms with Gasteiger partial charge in [0.2, 0.25) is 0 Å². The molecule has 2 atom stereocenters. The molecule has 2 nitrogen and oxygen atoms in total. The van der Waals surface area contributed by atoms with Crippen molar-refractivity contribution in [3.63, 3.8) is 0 Å². The largest absolute Gasteiger partial charge is 0.391 e. The molecule has 2 heteroatoms. The molecule has 0 spiro atoms. The normalized spacial score (nSPS) is 27.2. The van der Waals surface area contributed by atoms with E-state index in [1.165, 1.54) is 11.1 Å². The smallest absolute Gasteiger partial charge is 0.0773 e. The molecule has 0 aliphatic heterocycles. The molecule has 1 aliphatic carbocycles. The Morgan fingerprint density at radius 3 is 2.92 bits per heavy atom. The molecule has 12 heavy (non-hydrogen) atoms. The van der Waals surface area contributed by atoms with E-state index in [2.05, 4.69) is 13.0 Å². The minimum Gasteiger partial charge on any atom is -0.391 e. The molecule has 2 unspecified atom stereocenters. The maximum atomic E-state index is 9.52. The molecule has 0 saturated carbocycles. The number of aryl methyl sites for hydroxylation is 1. The number of fused-ring (bicyclic) bond motifs is 1. The van der Waals surface area contributed by atoms with Gasteiger partial charge in [0.15, 0.2) is 0 Å². The predicted octanol–water partition coefficient (Wildman–Crippen LogP) is 0.912. The SMILES string of the molecule is Cc1cccc2c1CC(O)C2N. The third kappa shape index (κ3) is 0.958. The average molecular weight is 163 g/mol. The van der Waals surface area contributed by atoms with Crippen molar-refractivity contribution in [3.8, 4) is 0 Å². The van der Waals surface area contributed by atoms with Crippen LogP contribution in [0.25, 0.3) is 0 Å². The third-order valence-electron chi connectivity index (χ3n) is 2.63. The van der Waals surface area contributed by atoms with Crippen molar-refractivity contribution in [1.29, 1.82) is 0 Å². The minimum atomic E-state index is -0.388. The Hall–Kier alpha value is -0.860. The van der Waals surface area contributed by atoms with Crippen molar-refractivity contribution in [3.05, 3.63) is 34.9 Å². The number of aliphatic hydroxyl groups is 1. The first-order valence-corrected chi connectivity index (χ1v) is 4.22. The Kier molecular flexibility index (Phi) is 1.67. The Morgan fingerprint density at radius 2 is 2.25 bits per heavy atom. The molecule has 0 aromatic heterocycles. The van der Waals surface area contributed by atoms with Crippen molar-refractivity contribution in [2.45, 2.75) is 25.5 Å². The summed E-state index contributed by atoms with van der Waals surface area (Å²) in [5.74, 6) is 0. The van der Waals surface area contributed by atoms with E-state index in [0.717, 1.165) is 5.56 Å². The van der Waals surface area contributed by atoms with Crippen molar-refractivity contribution >= 4 is 0 Å². The fraction of sp³-hybridized carbons (Fsp3) is 0.400. The maximum Gasteiger partial charge on any atom is 0.0773 e. The molecule has 1 aliphatic rings. The highest BCUT2D eigenvalue weighted by atomic mass is 16.3. The molecule has 3 N–H and O–H groups in total. The lowest BCUT2D eigenvalue weighted by Gasteiger charge is -2.08. The number of hydrogen-bond acceptors (Lipinski definition) is 2. The highest BCUT2D eigenvalue weighted by Crippen LogP contribution is 2.31. The van der Waals surface area contributed by atoms with Gasteiger partial charge in [0.25, 0.3) is 0 Å². The van der Waals surface area contributed by atoms with Crippen LogP contribution in [-0.2, 0) is 6.42 Å². The number of nitrogens with two attached hydrogens (primary N) is 1. The molecule has 0 amide bonds. The van der Waals surface area contributed by atoms with Crippen LogP contribution >= 0.6 is 0 Å². The highest BCUT2D eigenvalue weighted by Gasteiger charge is 2.28. The van der Waals surface area contributed by atoms with Crippen molar-refractivity contribution in [2.24, 2.45) is 5.73 Å². The summed E-state index contributed by atoms with van der Waals surface area (Å²) in [4.78, 5) is 0. The van der Waals surface area contributed by atoms with Gasteiger partial charge < -0.3 is 10.8 Å². The summed E-state index contributed by atoms with van der Waals surface area (Å²) in [6, 6.07) is 5.87. The van der Waals surface area contributed by atoms with Crippen LogP contribution in [0.2, 0.25) is 0 Å². The summed E-state index contributed by atoms with van der Waals surface area (Å²) < 4.78 is 0. The van der Waals surface area contributed by atoms with Crippen LogP contribution in [-0.4, -0.2) is 11.2 Å². The van der Waals surface area contributed by atoms with Gasteiger partial charge >= 0.3 is 0 Å². The lowest BCUT2D eigenvalue weighted by atomic mass is 10.0. The van der Waals surface area contributed by atoms with E-state index in [-0.39, 0.29) is 12.1 Å². The number of rotatable bonds is 0. The third-order valence-corrected chi connectivity index (χ3v) is 2.63. The number of aliphatic hydroxyl groups excluding tert-OH is 1. The number of benzene rings is 1. The van der Waals surface area contributed by atoms with Crippen LogP contribution in [0.4, 0.5) is 0 Å². The first kappa shape index (κ1) is 7.77. The summed E-state index contributed by atoms with van der Waals surface area (Å²) >= 11 is 0. The second kappa shape index (κ2) is 2.57. The molecule has 0 saturated heterocycles. The first-order valence-electron chi connectivity index (χ1n) is 4.22. The van der Waals surface area contributed by atoms with E-state index >= 15 is 0 Å². The van der Waals surface area contributed by atoms with Crippen LogP contribution in [0.5, 0.6) is 0 Å². The maximum absolute atomic E-state index is 9.52. The van der Waals surface area contributed by atoms with Gasteiger partial charge in [-0.15, -0.1) is 0 Å². The lowest BCUT2D eigenvalue weighted by molar-refractivity contribution is 0.158. The van der Waals surface area contributed by atoms with Gasteiger partial charge in [-0.1, -0.05) is 18.2 Å². The molecule has 1 aromatic carbocycles. The Bertz CT molecular complexity index is 309. The molecular formula is C10H13NO. The van der Waals surface area contributed by atoms with Crippen LogP contribution in [0.3, 0.4) is 0 Å². The summed E-state index contributed by atoms with van der Waals surface area (Å²) in [7, 11) is 0. The summed E-state index contributed by atoms with van der Waals surface area (Å²) in [5, 5.41) is 9.52. The standard InChI is InChI=1S/C10H13NO/c1-6-3-2-4-7-8(6)5-9(12)10(7)11/h2-4,9-10,12H,5,11H2,1H3. The second-order valence-electron chi connectivity index (χ2n) is 3.44. The Balaban J connectivity index is 2.53. The molecule has 2 rings (SSSR count). The van der Waals surface area contributed by atoms with E-state index in [0.29, 0.717) is 6.42 Å². The summed E-state index contributed by atoms with van der Waals surface area (Å²) in [5.41, 5.74) is 9.39. The van der Waals surface area contributed by atoms with Gasteiger partial charge in [-0.2, -0.15) is 0 Å². The zero-order valence-electron chi connectivity index (χ0n) is 7.12. The predicted molar refractivity (Wildman–Crippen MR) is 47.8 cm³/mol. The average Bonchev–Trinajstić information content (AvgIpc) is 2.32. The summed E-state index contributed by atoms with van der Waals surface area (Å²) in [6.45, 7) is 2.06. The molecule has 0 heterocycles. The molecule has 64 valence electrons. The quantitative estimate of drug-likeness (QED) is 0.597. The zero-order chi connectivity index (χ0) is 8.72. The van der Waals surface area contributed by atoms with E-state index < -0.39 is 0 Å². The van der Waals surface area contributed by atoms with E-state index in [1.807, 2.05) is 12.1 Å². The highest BCUT2D eigenvalue weighted by molar-refractivity contribution is 5.41. The van der Waals surface area contributed by atoms with Gasteiger partial charge in [-0.05, 0) is 23.6 Å². The molecule has 0 radical (unpaired) electrons. The summed E-state index contributed by atoms with van der Waals surface area (Å²) in [6.07, 6.45) is 0.324. The van der Waals surface area contributed by atoms with Gasteiger partial charge in [-0.3, -0.25) is 0 Å². The molecule has 0 bridgehead atoms. The Labute approximate surface area is 72.0 Å².